The minimum atomic E-state index is -0.101. The van der Waals surface area contributed by atoms with E-state index >= 15 is 0 Å². The molecule has 1 amide bonds. The minimum Gasteiger partial charge on any atom is -0.378 e. The van der Waals surface area contributed by atoms with Crippen LogP contribution < -0.4 is 4.90 Å². The summed E-state index contributed by atoms with van der Waals surface area (Å²) < 4.78 is 5.34. The van der Waals surface area contributed by atoms with Crippen molar-refractivity contribution >= 4 is 33.3 Å². The van der Waals surface area contributed by atoms with E-state index < -0.39 is 0 Å². The fourth-order valence-electron chi connectivity index (χ4n) is 3.28. The fourth-order valence-corrected chi connectivity index (χ4v) is 4.00. The Bertz CT molecular complexity index is 683. The van der Waals surface area contributed by atoms with E-state index in [2.05, 4.69) is 14.9 Å². The molecule has 7 heteroatoms. The predicted octanol–water partition coefficient (Wildman–Crippen LogP) is 1.52. The molecule has 0 aliphatic carbocycles. The summed E-state index contributed by atoms with van der Waals surface area (Å²) in [5.41, 5.74) is 0. The molecule has 2 fully saturated rings. The van der Waals surface area contributed by atoms with Crippen molar-refractivity contribution in [1.29, 1.82) is 0 Å². The van der Waals surface area contributed by atoms with Crippen LogP contribution in [-0.2, 0) is 9.53 Å². The van der Waals surface area contributed by atoms with Gasteiger partial charge in [-0.1, -0.05) is 0 Å². The summed E-state index contributed by atoms with van der Waals surface area (Å²) in [7, 11) is 0. The van der Waals surface area contributed by atoms with Gasteiger partial charge in [0.15, 0.2) is 0 Å². The number of amides is 1. The quantitative estimate of drug-likeness (QED) is 0.840. The number of hydrogen-bond acceptors (Lipinski definition) is 6. The normalized spacial score (nSPS) is 22.5. The molecule has 1 atom stereocenters. The predicted molar refractivity (Wildman–Crippen MR) is 85.2 cm³/mol. The first-order chi connectivity index (χ1) is 10.8. The molecule has 0 bridgehead atoms. The minimum absolute atomic E-state index is 0.101. The molecule has 22 heavy (non-hydrogen) atoms. The maximum Gasteiger partial charge on any atom is 0.245 e. The van der Waals surface area contributed by atoms with Gasteiger partial charge in [0, 0.05) is 19.6 Å². The summed E-state index contributed by atoms with van der Waals surface area (Å²) in [5, 5.41) is 3.08. The van der Waals surface area contributed by atoms with Crippen LogP contribution in [0.4, 0.5) is 5.82 Å². The molecule has 0 radical (unpaired) electrons. The van der Waals surface area contributed by atoms with Gasteiger partial charge in [0.2, 0.25) is 5.91 Å². The molecule has 4 heterocycles. The smallest absolute Gasteiger partial charge is 0.245 e. The topological polar surface area (TPSA) is 58.6 Å². The molecule has 0 spiro atoms. The monoisotopic (exact) mass is 318 g/mol. The van der Waals surface area contributed by atoms with Crippen molar-refractivity contribution in [3.05, 3.63) is 17.8 Å². The largest absolute Gasteiger partial charge is 0.378 e. The maximum atomic E-state index is 12.8. The van der Waals surface area contributed by atoms with Gasteiger partial charge in [0.05, 0.1) is 18.6 Å². The van der Waals surface area contributed by atoms with Gasteiger partial charge in [0.1, 0.15) is 23.0 Å². The zero-order chi connectivity index (χ0) is 14.9. The number of carbonyl (C=O) groups is 1. The summed E-state index contributed by atoms with van der Waals surface area (Å²) in [6.07, 6.45) is 3.52. The lowest BCUT2D eigenvalue weighted by molar-refractivity contribution is -0.136. The van der Waals surface area contributed by atoms with E-state index in [1.165, 1.54) is 0 Å². The first-order valence-electron chi connectivity index (χ1n) is 7.66. The molecule has 2 aliphatic rings. The Kier molecular flexibility index (Phi) is 3.67. The molecule has 0 N–H and O–H groups in total. The second-order valence-electron chi connectivity index (χ2n) is 5.63. The van der Waals surface area contributed by atoms with Crippen LogP contribution in [0.5, 0.6) is 0 Å². The third-order valence-electron chi connectivity index (χ3n) is 4.37. The molecule has 0 saturated carbocycles. The average molecular weight is 318 g/mol. The molecule has 116 valence electrons. The standard InChI is InChI=1S/C15H18N4O2S/c20-15(18-5-7-21-8-6-18)12-2-1-4-19(12)13-11-3-9-22-14(11)17-10-16-13/h3,9-10,12H,1-2,4-8H2/t12-/m0/s1. The molecule has 4 rings (SSSR count). The van der Waals surface area contributed by atoms with Crippen LogP contribution >= 0.6 is 11.3 Å². The lowest BCUT2D eigenvalue weighted by Crippen LogP contribution is -2.50. The Labute approximate surface area is 132 Å². The van der Waals surface area contributed by atoms with Crippen molar-refractivity contribution in [3.8, 4) is 0 Å². The van der Waals surface area contributed by atoms with Gasteiger partial charge in [-0.2, -0.15) is 0 Å². The van der Waals surface area contributed by atoms with Gasteiger partial charge < -0.3 is 14.5 Å². The van der Waals surface area contributed by atoms with Crippen molar-refractivity contribution in [2.24, 2.45) is 0 Å². The van der Waals surface area contributed by atoms with Crippen LogP contribution in [0.2, 0.25) is 0 Å². The highest BCUT2D eigenvalue weighted by molar-refractivity contribution is 7.16. The van der Waals surface area contributed by atoms with Crippen LogP contribution in [0.15, 0.2) is 17.8 Å². The second-order valence-corrected chi connectivity index (χ2v) is 6.52. The first-order valence-corrected chi connectivity index (χ1v) is 8.54. The molecule has 2 aromatic heterocycles. The number of hydrogen-bond donors (Lipinski definition) is 0. The summed E-state index contributed by atoms with van der Waals surface area (Å²) in [5.74, 6) is 1.11. The Hall–Kier alpha value is -1.73. The van der Waals surface area contributed by atoms with Gasteiger partial charge >= 0.3 is 0 Å². The van der Waals surface area contributed by atoms with Crippen LogP contribution in [0, 0.1) is 0 Å². The zero-order valence-electron chi connectivity index (χ0n) is 12.3. The highest BCUT2D eigenvalue weighted by Crippen LogP contribution is 2.32. The summed E-state index contributed by atoms with van der Waals surface area (Å²) in [6.45, 7) is 3.55. The maximum absolute atomic E-state index is 12.8. The van der Waals surface area contributed by atoms with Gasteiger partial charge in [-0.3, -0.25) is 4.79 Å². The summed E-state index contributed by atoms with van der Waals surface area (Å²) >= 11 is 1.61. The zero-order valence-corrected chi connectivity index (χ0v) is 13.1. The van der Waals surface area contributed by atoms with Crippen molar-refractivity contribution in [2.75, 3.05) is 37.7 Å². The lowest BCUT2D eigenvalue weighted by atomic mass is 10.1. The van der Waals surface area contributed by atoms with E-state index in [9.17, 15) is 4.79 Å². The van der Waals surface area contributed by atoms with Crippen molar-refractivity contribution in [3.63, 3.8) is 0 Å². The number of morpholine rings is 1. The number of aromatic nitrogens is 2. The molecule has 6 nitrogen and oxygen atoms in total. The second kappa shape index (κ2) is 5.81. The Morgan fingerprint density at radius 3 is 3.00 bits per heavy atom. The SMILES string of the molecule is O=C([C@@H]1CCCN1c1ncnc2sccc12)N1CCOCC1. The Morgan fingerprint density at radius 1 is 1.27 bits per heavy atom. The van der Waals surface area contributed by atoms with E-state index in [1.807, 2.05) is 16.3 Å². The number of thiophene rings is 1. The molecular formula is C15H18N4O2S. The van der Waals surface area contributed by atoms with E-state index in [4.69, 9.17) is 4.74 Å². The number of anilines is 1. The van der Waals surface area contributed by atoms with E-state index in [-0.39, 0.29) is 11.9 Å². The summed E-state index contributed by atoms with van der Waals surface area (Å²) in [6, 6.07) is 1.94. The molecular weight excluding hydrogens is 300 g/mol. The Balaban J connectivity index is 1.63. The first kappa shape index (κ1) is 13.9. The fraction of sp³-hybridized carbons (Fsp3) is 0.533. The van der Waals surface area contributed by atoms with Gasteiger partial charge in [-0.05, 0) is 24.3 Å². The van der Waals surface area contributed by atoms with E-state index in [1.54, 1.807) is 17.7 Å². The van der Waals surface area contributed by atoms with E-state index in [0.29, 0.717) is 26.3 Å². The van der Waals surface area contributed by atoms with Crippen LogP contribution in [0.1, 0.15) is 12.8 Å². The molecule has 0 unspecified atom stereocenters. The van der Waals surface area contributed by atoms with Crippen molar-refractivity contribution in [2.45, 2.75) is 18.9 Å². The van der Waals surface area contributed by atoms with E-state index in [0.717, 1.165) is 35.4 Å². The number of fused-ring (bicyclic) bond motifs is 1. The Morgan fingerprint density at radius 2 is 2.14 bits per heavy atom. The van der Waals surface area contributed by atoms with Gasteiger partial charge in [0.25, 0.3) is 0 Å². The van der Waals surface area contributed by atoms with Crippen molar-refractivity contribution < 1.29 is 9.53 Å². The number of ether oxygens (including phenoxy) is 1. The molecule has 0 aromatic carbocycles. The third-order valence-corrected chi connectivity index (χ3v) is 5.19. The number of carbonyl (C=O) groups excluding carboxylic acids is 1. The van der Waals surface area contributed by atoms with Crippen LogP contribution in [-0.4, -0.2) is 59.7 Å². The number of rotatable bonds is 2. The van der Waals surface area contributed by atoms with Crippen molar-refractivity contribution in [1.82, 2.24) is 14.9 Å². The third kappa shape index (κ3) is 2.34. The average Bonchev–Trinajstić information content (AvgIpc) is 3.23. The molecule has 2 aliphatic heterocycles. The van der Waals surface area contributed by atoms with Gasteiger partial charge in [-0.25, -0.2) is 9.97 Å². The highest BCUT2D eigenvalue weighted by Gasteiger charge is 2.35. The van der Waals surface area contributed by atoms with Gasteiger partial charge in [-0.15, -0.1) is 11.3 Å². The lowest BCUT2D eigenvalue weighted by Gasteiger charge is -2.33. The molecule has 2 saturated heterocycles. The highest BCUT2D eigenvalue weighted by atomic mass is 32.1. The number of nitrogens with zero attached hydrogens (tertiary/aromatic N) is 4. The van der Waals surface area contributed by atoms with Crippen LogP contribution in [0.25, 0.3) is 10.2 Å². The molecule has 2 aromatic rings. The summed E-state index contributed by atoms with van der Waals surface area (Å²) in [4.78, 5) is 26.7. The van der Waals surface area contributed by atoms with Crippen LogP contribution in [0.3, 0.4) is 0 Å².